The maximum absolute atomic E-state index is 13.9. The molecule has 186 valence electrons. The van der Waals surface area contributed by atoms with Gasteiger partial charge in [-0.2, -0.15) is 13.2 Å². The van der Waals surface area contributed by atoms with Crippen molar-refractivity contribution >= 4 is 17.1 Å². The lowest BCUT2D eigenvalue weighted by molar-refractivity contribution is -0.145. The van der Waals surface area contributed by atoms with Crippen LogP contribution in [0, 0.1) is 17.8 Å². The normalized spacial score (nSPS) is 23.3. The summed E-state index contributed by atoms with van der Waals surface area (Å²) in [6.07, 6.45) is -1.76. The Kier molecular flexibility index (Phi) is 5.61. The lowest BCUT2D eigenvalue weighted by atomic mass is 9.69. The maximum Gasteiger partial charge on any atom is 0.405 e. The van der Waals surface area contributed by atoms with Gasteiger partial charge in [0.05, 0.1) is 22.7 Å². The SMILES string of the molecule is NC(c1nc2nc(C3(C(=O)NCC(F)(F)F)CCC(F)(F)CC3)ccc2[nH]1)C(C1CC1)C1CC1. The second kappa shape index (κ2) is 8.13. The molecule has 3 fully saturated rings. The molecule has 0 aliphatic heterocycles. The van der Waals surface area contributed by atoms with Crippen LogP contribution in [-0.2, 0) is 10.2 Å². The minimum absolute atomic E-state index is 0.155. The van der Waals surface area contributed by atoms with Gasteiger partial charge < -0.3 is 16.0 Å². The van der Waals surface area contributed by atoms with Gasteiger partial charge in [-0.25, -0.2) is 18.7 Å². The molecule has 3 aliphatic carbocycles. The Morgan fingerprint density at radius 2 is 1.71 bits per heavy atom. The number of nitrogens with zero attached hydrogens (tertiary/aromatic N) is 2. The minimum atomic E-state index is -4.61. The molecular formula is C23H28F5N5O. The summed E-state index contributed by atoms with van der Waals surface area (Å²) < 4.78 is 66.0. The van der Waals surface area contributed by atoms with E-state index in [0.717, 1.165) is 25.7 Å². The molecular weight excluding hydrogens is 457 g/mol. The van der Waals surface area contributed by atoms with Crippen LogP contribution in [0.1, 0.15) is 68.9 Å². The summed E-state index contributed by atoms with van der Waals surface area (Å²) >= 11 is 0. The summed E-state index contributed by atoms with van der Waals surface area (Å²) in [7, 11) is 0. The van der Waals surface area contributed by atoms with E-state index in [2.05, 4.69) is 15.0 Å². The Labute approximate surface area is 193 Å². The highest BCUT2D eigenvalue weighted by atomic mass is 19.4. The molecule has 0 saturated heterocycles. The second-order valence-corrected chi connectivity index (χ2v) is 10.2. The van der Waals surface area contributed by atoms with Gasteiger partial charge in [0.2, 0.25) is 11.8 Å². The Hall–Kier alpha value is -2.30. The molecule has 2 heterocycles. The van der Waals surface area contributed by atoms with Crippen molar-refractivity contribution < 1.29 is 26.7 Å². The number of carbonyl (C=O) groups excluding carboxylic acids is 1. The highest BCUT2D eigenvalue weighted by Crippen LogP contribution is 2.53. The first kappa shape index (κ1) is 23.4. The Bertz CT molecular complexity index is 1050. The van der Waals surface area contributed by atoms with E-state index in [1.165, 1.54) is 6.07 Å². The number of nitrogens with two attached hydrogens (primary N) is 1. The zero-order valence-electron chi connectivity index (χ0n) is 18.6. The number of fused-ring (bicyclic) bond motifs is 1. The van der Waals surface area contributed by atoms with Crippen LogP contribution >= 0.6 is 0 Å². The first-order valence-corrected chi connectivity index (χ1v) is 11.8. The molecule has 11 heteroatoms. The molecule has 2 aromatic heterocycles. The monoisotopic (exact) mass is 485 g/mol. The average Bonchev–Trinajstić information content (AvgIpc) is 3.71. The van der Waals surface area contributed by atoms with Crippen molar-refractivity contribution in [1.29, 1.82) is 0 Å². The molecule has 0 radical (unpaired) electrons. The fraction of sp³-hybridized carbons (Fsp3) is 0.696. The van der Waals surface area contributed by atoms with E-state index in [1.807, 2.05) is 5.32 Å². The topological polar surface area (TPSA) is 96.7 Å². The third kappa shape index (κ3) is 4.63. The fourth-order valence-electron chi connectivity index (χ4n) is 5.44. The van der Waals surface area contributed by atoms with Crippen LogP contribution in [0.4, 0.5) is 22.0 Å². The molecule has 3 aliphatic rings. The van der Waals surface area contributed by atoms with Gasteiger partial charge in [0.25, 0.3) is 0 Å². The molecule has 6 nitrogen and oxygen atoms in total. The summed E-state index contributed by atoms with van der Waals surface area (Å²) in [5, 5.41) is 1.89. The largest absolute Gasteiger partial charge is 0.405 e. The van der Waals surface area contributed by atoms with Crippen LogP contribution in [0.2, 0.25) is 0 Å². The van der Waals surface area contributed by atoms with Gasteiger partial charge in [0.1, 0.15) is 12.4 Å². The van der Waals surface area contributed by atoms with Crippen molar-refractivity contribution in [2.75, 3.05) is 6.54 Å². The number of rotatable bonds is 7. The number of amides is 1. The predicted molar refractivity (Wildman–Crippen MR) is 114 cm³/mol. The predicted octanol–water partition coefficient (Wildman–Crippen LogP) is 4.52. The van der Waals surface area contributed by atoms with E-state index in [1.54, 1.807) is 6.07 Å². The summed E-state index contributed by atoms with van der Waals surface area (Å²) in [6.45, 7) is -1.53. The Morgan fingerprint density at radius 1 is 1.09 bits per heavy atom. The number of nitrogens with one attached hydrogen (secondary N) is 2. The van der Waals surface area contributed by atoms with Gasteiger partial charge in [0.15, 0.2) is 5.65 Å². The first-order chi connectivity index (χ1) is 16.0. The number of aromatic nitrogens is 3. The van der Waals surface area contributed by atoms with E-state index in [0.29, 0.717) is 29.1 Å². The van der Waals surface area contributed by atoms with Gasteiger partial charge in [0, 0.05) is 12.8 Å². The van der Waals surface area contributed by atoms with Gasteiger partial charge in [-0.05, 0) is 68.4 Å². The van der Waals surface area contributed by atoms with Crippen LogP contribution in [0.25, 0.3) is 11.2 Å². The van der Waals surface area contributed by atoms with Crippen LogP contribution in [0.5, 0.6) is 0 Å². The van der Waals surface area contributed by atoms with Crippen LogP contribution in [0.3, 0.4) is 0 Å². The quantitative estimate of drug-likeness (QED) is 0.503. The van der Waals surface area contributed by atoms with Crippen molar-refractivity contribution in [1.82, 2.24) is 20.3 Å². The molecule has 0 aromatic carbocycles. The zero-order valence-corrected chi connectivity index (χ0v) is 18.6. The lowest BCUT2D eigenvalue weighted by Crippen LogP contribution is -2.50. The average molecular weight is 486 g/mol. The number of H-pyrrole nitrogens is 1. The van der Waals surface area contributed by atoms with Gasteiger partial charge >= 0.3 is 6.18 Å². The molecule has 5 rings (SSSR count). The molecule has 3 saturated carbocycles. The molecule has 0 bridgehead atoms. The van der Waals surface area contributed by atoms with Crippen LogP contribution in [0.15, 0.2) is 12.1 Å². The lowest BCUT2D eigenvalue weighted by Gasteiger charge is -2.38. The van der Waals surface area contributed by atoms with E-state index >= 15 is 0 Å². The number of hydrogen-bond donors (Lipinski definition) is 3. The second-order valence-electron chi connectivity index (χ2n) is 10.2. The number of carbonyl (C=O) groups is 1. The highest BCUT2D eigenvalue weighted by molar-refractivity contribution is 5.88. The van der Waals surface area contributed by atoms with Gasteiger partial charge in [-0.3, -0.25) is 4.79 Å². The highest BCUT2D eigenvalue weighted by Gasteiger charge is 2.50. The molecule has 1 amide bonds. The molecule has 4 N–H and O–H groups in total. The van der Waals surface area contributed by atoms with Crippen molar-refractivity contribution in [3.8, 4) is 0 Å². The number of aromatic amines is 1. The molecule has 1 unspecified atom stereocenters. The number of hydrogen-bond acceptors (Lipinski definition) is 4. The van der Waals surface area contributed by atoms with E-state index in [-0.39, 0.29) is 30.2 Å². The molecule has 34 heavy (non-hydrogen) atoms. The van der Waals surface area contributed by atoms with Crippen molar-refractivity contribution in [2.45, 2.75) is 74.9 Å². The fourth-order valence-corrected chi connectivity index (χ4v) is 5.44. The Balaban J connectivity index is 1.45. The van der Waals surface area contributed by atoms with Crippen molar-refractivity contribution in [3.63, 3.8) is 0 Å². The third-order valence-corrected chi connectivity index (χ3v) is 7.64. The third-order valence-electron chi connectivity index (χ3n) is 7.64. The molecule has 1 atom stereocenters. The van der Waals surface area contributed by atoms with E-state index in [4.69, 9.17) is 5.73 Å². The van der Waals surface area contributed by atoms with Crippen LogP contribution < -0.4 is 11.1 Å². The van der Waals surface area contributed by atoms with Crippen molar-refractivity contribution in [2.24, 2.45) is 23.5 Å². The molecule has 0 spiro atoms. The summed E-state index contributed by atoms with van der Waals surface area (Å²) in [5.74, 6) is -1.77. The maximum atomic E-state index is 13.9. The Morgan fingerprint density at radius 3 is 2.26 bits per heavy atom. The van der Waals surface area contributed by atoms with E-state index < -0.39 is 42.8 Å². The van der Waals surface area contributed by atoms with Crippen molar-refractivity contribution in [3.05, 3.63) is 23.7 Å². The number of alkyl halides is 5. The van der Waals surface area contributed by atoms with E-state index in [9.17, 15) is 26.7 Å². The summed E-state index contributed by atoms with van der Waals surface area (Å²) in [5.41, 5.74) is 6.03. The summed E-state index contributed by atoms with van der Waals surface area (Å²) in [4.78, 5) is 25.2. The standard InChI is InChI=1S/C23H28F5N5O/c24-22(25)9-7-21(8-10-22,20(34)30-11-23(26,27)28)15-6-5-14-18(32-15)33-19(31-14)17(29)16(12-1-2-12)13-3-4-13/h5-6,12-13,16-17H,1-4,7-11,29H2,(H,30,34)(H,31,32,33). The smallest absolute Gasteiger partial charge is 0.346 e. The molecule has 2 aromatic rings. The van der Waals surface area contributed by atoms with Gasteiger partial charge in [-0.15, -0.1) is 0 Å². The minimum Gasteiger partial charge on any atom is -0.346 e. The van der Waals surface area contributed by atoms with Gasteiger partial charge in [-0.1, -0.05) is 0 Å². The number of pyridine rings is 1. The van der Waals surface area contributed by atoms with Crippen LogP contribution in [-0.4, -0.2) is 39.5 Å². The zero-order chi connectivity index (χ0) is 24.3. The summed E-state index contributed by atoms with van der Waals surface area (Å²) in [6, 6.07) is 2.89. The number of halogens is 5. The first-order valence-electron chi connectivity index (χ1n) is 11.8. The number of imidazole rings is 1.